The first kappa shape index (κ1) is 17.9. The average molecular weight is 351 g/mol. The summed E-state index contributed by atoms with van der Waals surface area (Å²) in [7, 11) is 0. The zero-order valence-corrected chi connectivity index (χ0v) is 14.7. The van der Waals surface area contributed by atoms with Gasteiger partial charge in [0.1, 0.15) is 11.6 Å². The zero-order valence-electron chi connectivity index (χ0n) is 14.7. The summed E-state index contributed by atoms with van der Waals surface area (Å²) in [5.41, 5.74) is 1.45. The van der Waals surface area contributed by atoms with Gasteiger partial charge in [0, 0.05) is 31.3 Å². The van der Waals surface area contributed by atoms with E-state index in [2.05, 4.69) is 10.3 Å². The molecule has 1 aromatic heterocycles. The van der Waals surface area contributed by atoms with Gasteiger partial charge in [0.05, 0.1) is 6.54 Å². The summed E-state index contributed by atoms with van der Waals surface area (Å²) < 4.78 is 16.3. The van der Waals surface area contributed by atoms with Gasteiger partial charge in [-0.1, -0.05) is 48.5 Å². The zero-order chi connectivity index (χ0) is 18.4. The third kappa shape index (κ3) is 4.17. The van der Waals surface area contributed by atoms with Crippen molar-refractivity contribution in [2.45, 2.75) is 32.4 Å². The highest BCUT2D eigenvalue weighted by Gasteiger charge is 2.21. The number of aromatic nitrogens is 2. The molecule has 0 aliphatic carbocycles. The van der Waals surface area contributed by atoms with E-state index in [-0.39, 0.29) is 24.1 Å². The number of carbonyl (C=O) groups is 1. The van der Waals surface area contributed by atoms with Crippen molar-refractivity contribution in [3.63, 3.8) is 0 Å². The standard InChI is InChI=1S/C21H22FN3O/c1-2-25-13-12-23-20(25)15-24-21(26)14-18(16-8-4-3-5-9-16)17-10-6-7-11-19(17)22/h3-13,18H,2,14-15H2,1H3,(H,24,26)/t18-/m1/s1. The monoisotopic (exact) mass is 351 g/mol. The fourth-order valence-electron chi connectivity index (χ4n) is 3.08. The van der Waals surface area contributed by atoms with Crippen LogP contribution in [0.5, 0.6) is 0 Å². The molecular formula is C21H22FN3O. The number of aryl methyl sites for hydroxylation is 1. The van der Waals surface area contributed by atoms with Crippen molar-refractivity contribution in [3.8, 4) is 0 Å². The topological polar surface area (TPSA) is 46.9 Å². The molecule has 2 aromatic carbocycles. The number of rotatable bonds is 7. The maximum atomic E-state index is 14.3. The molecule has 5 heteroatoms. The molecule has 1 N–H and O–H groups in total. The van der Waals surface area contributed by atoms with E-state index in [1.54, 1.807) is 24.4 Å². The predicted octanol–water partition coefficient (Wildman–Crippen LogP) is 3.88. The largest absolute Gasteiger partial charge is 0.349 e. The molecule has 1 amide bonds. The highest BCUT2D eigenvalue weighted by molar-refractivity contribution is 5.77. The number of amides is 1. The first-order valence-electron chi connectivity index (χ1n) is 8.75. The van der Waals surface area contributed by atoms with E-state index >= 15 is 0 Å². The van der Waals surface area contributed by atoms with E-state index in [0.29, 0.717) is 12.1 Å². The van der Waals surface area contributed by atoms with Crippen LogP contribution in [0.4, 0.5) is 4.39 Å². The lowest BCUT2D eigenvalue weighted by Gasteiger charge is -2.18. The number of halogens is 1. The molecule has 1 heterocycles. The molecule has 0 aliphatic rings. The lowest BCUT2D eigenvalue weighted by molar-refractivity contribution is -0.121. The van der Waals surface area contributed by atoms with Gasteiger partial charge in [-0.3, -0.25) is 4.79 Å². The summed E-state index contributed by atoms with van der Waals surface area (Å²) >= 11 is 0. The maximum Gasteiger partial charge on any atom is 0.221 e. The Morgan fingerprint density at radius 1 is 1.15 bits per heavy atom. The van der Waals surface area contributed by atoms with Crippen LogP contribution in [0.2, 0.25) is 0 Å². The number of nitrogens with zero attached hydrogens (tertiary/aromatic N) is 2. The minimum absolute atomic E-state index is 0.132. The number of benzene rings is 2. The Balaban J connectivity index is 1.76. The van der Waals surface area contributed by atoms with E-state index in [4.69, 9.17) is 0 Å². The van der Waals surface area contributed by atoms with E-state index in [1.165, 1.54) is 6.07 Å². The summed E-state index contributed by atoms with van der Waals surface area (Å²) in [6.45, 7) is 3.18. The molecule has 1 atom stereocenters. The van der Waals surface area contributed by atoms with E-state index in [1.807, 2.05) is 48.0 Å². The van der Waals surface area contributed by atoms with Crippen LogP contribution >= 0.6 is 0 Å². The average Bonchev–Trinajstić information content (AvgIpc) is 3.13. The van der Waals surface area contributed by atoms with Crippen LogP contribution in [0, 0.1) is 5.82 Å². The Bertz CT molecular complexity index is 860. The second-order valence-electron chi connectivity index (χ2n) is 6.10. The molecular weight excluding hydrogens is 329 g/mol. The lowest BCUT2D eigenvalue weighted by Crippen LogP contribution is -2.26. The highest BCUT2D eigenvalue weighted by Crippen LogP contribution is 2.29. The van der Waals surface area contributed by atoms with Gasteiger partial charge < -0.3 is 9.88 Å². The summed E-state index contributed by atoms with van der Waals surface area (Å²) in [5.74, 6) is 0.0507. The van der Waals surface area contributed by atoms with Crippen LogP contribution in [0.15, 0.2) is 67.0 Å². The summed E-state index contributed by atoms with van der Waals surface area (Å²) in [6.07, 6.45) is 3.78. The number of nitrogens with one attached hydrogen (secondary N) is 1. The van der Waals surface area contributed by atoms with Crippen LogP contribution < -0.4 is 5.32 Å². The Kier molecular flexibility index (Phi) is 5.79. The highest BCUT2D eigenvalue weighted by atomic mass is 19.1. The minimum Gasteiger partial charge on any atom is -0.349 e. The van der Waals surface area contributed by atoms with Crippen LogP contribution in [0.1, 0.15) is 36.2 Å². The van der Waals surface area contributed by atoms with Gasteiger partial charge in [-0.2, -0.15) is 0 Å². The predicted molar refractivity (Wildman–Crippen MR) is 99.0 cm³/mol. The van der Waals surface area contributed by atoms with Crippen molar-refractivity contribution in [2.75, 3.05) is 0 Å². The third-order valence-electron chi connectivity index (χ3n) is 4.46. The summed E-state index contributed by atoms with van der Waals surface area (Å²) in [6, 6.07) is 16.2. The van der Waals surface area contributed by atoms with Crippen molar-refractivity contribution in [1.29, 1.82) is 0 Å². The molecule has 0 bridgehead atoms. The molecule has 0 fully saturated rings. The molecule has 0 unspecified atom stereocenters. The van der Waals surface area contributed by atoms with E-state index in [9.17, 15) is 9.18 Å². The van der Waals surface area contributed by atoms with Crippen molar-refractivity contribution >= 4 is 5.91 Å². The molecule has 4 nitrogen and oxygen atoms in total. The van der Waals surface area contributed by atoms with Gasteiger partial charge in [-0.15, -0.1) is 0 Å². The first-order valence-corrected chi connectivity index (χ1v) is 8.75. The normalized spacial score (nSPS) is 11.9. The molecule has 3 aromatic rings. The second kappa shape index (κ2) is 8.43. The van der Waals surface area contributed by atoms with Gasteiger partial charge in [0.15, 0.2) is 0 Å². The van der Waals surface area contributed by atoms with Gasteiger partial charge >= 0.3 is 0 Å². The van der Waals surface area contributed by atoms with Crippen LogP contribution in [-0.2, 0) is 17.9 Å². The quantitative estimate of drug-likeness (QED) is 0.702. The Morgan fingerprint density at radius 2 is 1.88 bits per heavy atom. The van der Waals surface area contributed by atoms with Crippen molar-refractivity contribution in [3.05, 3.63) is 89.8 Å². The number of carbonyl (C=O) groups excluding carboxylic acids is 1. The summed E-state index contributed by atoms with van der Waals surface area (Å²) in [5, 5.41) is 2.90. The van der Waals surface area contributed by atoms with E-state index < -0.39 is 0 Å². The Labute approximate surface area is 152 Å². The second-order valence-corrected chi connectivity index (χ2v) is 6.10. The molecule has 3 rings (SSSR count). The molecule has 0 radical (unpaired) electrons. The van der Waals surface area contributed by atoms with Gasteiger partial charge in [0.25, 0.3) is 0 Å². The first-order chi connectivity index (χ1) is 12.7. The van der Waals surface area contributed by atoms with Gasteiger partial charge in [-0.25, -0.2) is 9.37 Å². The van der Waals surface area contributed by atoms with E-state index in [0.717, 1.165) is 17.9 Å². The number of imidazole rings is 1. The van der Waals surface area contributed by atoms with Crippen LogP contribution in [0.25, 0.3) is 0 Å². The molecule has 134 valence electrons. The molecule has 0 aliphatic heterocycles. The smallest absolute Gasteiger partial charge is 0.221 e. The lowest BCUT2D eigenvalue weighted by atomic mass is 9.88. The molecule has 0 spiro atoms. The van der Waals surface area contributed by atoms with Crippen molar-refractivity contribution in [1.82, 2.24) is 14.9 Å². The summed E-state index contributed by atoms with van der Waals surface area (Å²) in [4.78, 5) is 16.8. The van der Waals surface area contributed by atoms with Gasteiger partial charge in [-0.05, 0) is 24.1 Å². The number of hydrogen-bond donors (Lipinski definition) is 1. The van der Waals surface area contributed by atoms with Gasteiger partial charge in [0.2, 0.25) is 5.91 Å². The van der Waals surface area contributed by atoms with Crippen LogP contribution in [0.3, 0.4) is 0 Å². The molecule has 0 saturated carbocycles. The fraction of sp³-hybridized carbons (Fsp3) is 0.238. The van der Waals surface area contributed by atoms with Crippen molar-refractivity contribution in [2.24, 2.45) is 0 Å². The third-order valence-corrected chi connectivity index (χ3v) is 4.46. The number of hydrogen-bond acceptors (Lipinski definition) is 2. The molecule has 0 saturated heterocycles. The Hall–Kier alpha value is -2.95. The molecule has 26 heavy (non-hydrogen) atoms. The Morgan fingerprint density at radius 3 is 2.62 bits per heavy atom. The van der Waals surface area contributed by atoms with Crippen LogP contribution in [-0.4, -0.2) is 15.5 Å². The maximum absolute atomic E-state index is 14.3. The minimum atomic E-state index is -0.330. The fourth-order valence-corrected chi connectivity index (χ4v) is 3.08. The van der Waals surface area contributed by atoms with Crippen molar-refractivity contribution < 1.29 is 9.18 Å². The SMILES string of the molecule is CCn1ccnc1CNC(=O)C[C@H](c1ccccc1)c1ccccc1F.